The molecule has 2 aliphatic heterocycles. The first-order chi connectivity index (χ1) is 12.0. The van der Waals surface area contributed by atoms with E-state index in [0.717, 1.165) is 43.7 Å². The van der Waals surface area contributed by atoms with Crippen LogP contribution in [0.4, 0.5) is 0 Å². The smallest absolute Gasteiger partial charge is 0.157 e. The Balaban J connectivity index is 1.38. The van der Waals surface area contributed by atoms with E-state index < -0.39 is 0 Å². The Morgan fingerprint density at radius 1 is 0.680 bits per heavy atom. The SMILES string of the molecule is Oc1ccc(CN2CC3CC2CN3Cc2ccc(O)c(O)c2)cc1O. The maximum Gasteiger partial charge on any atom is 0.157 e. The van der Waals surface area contributed by atoms with Gasteiger partial charge in [0.15, 0.2) is 23.0 Å². The zero-order chi connectivity index (χ0) is 17.6. The summed E-state index contributed by atoms with van der Waals surface area (Å²) < 4.78 is 0. The Hall–Kier alpha value is -2.44. The average Bonchev–Trinajstić information content (AvgIpc) is 3.14. The van der Waals surface area contributed by atoms with Gasteiger partial charge in [0.1, 0.15) is 0 Å². The summed E-state index contributed by atoms with van der Waals surface area (Å²) in [5.74, 6) is -0.323. The molecule has 2 heterocycles. The highest BCUT2D eigenvalue weighted by Gasteiger charge is 2.42. The first kappa shape index (κ1) is 16.1. The molecule has 2 atom stereocenters. The van der Waals surface area contributed by atoms with Gasteiger partial charge in [-0.15, -0.1) is 0 Å². The van der Waals surface area contributed by atoms with Gasteiger partial charge in [-0.05, 0) is 41.8 Å². The fourth-order valence-corrected chi connectivity index (χ4v) is 4.02. The van der Waals surface area contributed by atoms with Crippen molar-refractivity contribution in [2.45, 2.75) is 31.6 Å². The number of nitrogens with zero attached hydrogens (tertiary/aromatic N) is 2. The predicted molar refractivity (Wildman–Crippen MR) is 92.6 cm³/mol. The van der Waals surface area contributed by atoms with Crippen molar-refractivity contribution in [3.63, 3.8) is 0 Å². The summed E-state index contributed by atoms with van der Waals surface area (Å²) >= 11 is 0. The topological polar surface area (TPSA) is 87.4 Å². The summed E-state index contributed by atoms with van der Waals surface area (Å²) in [5.41, 5.74) is 2.00. The van der Waals surface area contributed by atoms with Crippen LogP contribution in [0.25, 0.3) is 0 Å². The molecule has 2 saturated heterocycles. The second-order valence-corrected chi connectivity index (χ2v) is 7.05. The lowest BCUT2D eigenvalue weighted by Gasteiger charge is -2.34. The van der Waals surface area contributed by atoms with Crippen molar-refractivity contribution >= 4 is 0 Å². The van der Waals surface area contributed by atoms with Gasteiger partial charge in [0, 0.05) is 38.3 Å². The Bertz CT molecular complexity index is 729. The molecule has 0 spiro atoms. The summed E-state index contributed by atoms with van der Waals surface area (Å²) in [6.45, 7) is 3.47. The highest BCUT2D eigenvalue weighted by atomic mass is 16.3. The lowest BCUT2D eigenvalue weighted by molar-refractivity contribution is 0.118. The van der Waals surface area contributed by atoms with Crippen molar-refractivity contribution < 1.29 is 20.4 Å². The van der Waals surface area contributed by atoms with Gasteiger partial charge in [0.2, 0.25) is 0 Å². The predicted octanol–water partition coefficient (Wildman–Crippen LogP) is 1.97. The van der Waals surface area contributed by atoms with E-state index in [9.17, 15) is 20.4 Å². The van der Waals surface area contributed by atoms with Crippen LogP contribution >= 0.6 is 0 Å². The standard InChI is InChI=1S/C19H22N2O4/c22-16-3-1-12(5-18(16)24)8-20-10-15-7-14(20)11-21(15)9-13-2-4-17(23)19(25)6-13/h1-6,14-15,22-25H,7-11H2. The summed E-state index contributed by atoms with van der Waals surface area (Å²) in [7, 11) is 0. The van der Waals surface area contributed by atoms with E-state index in [-0.39, 0.29) is 23.0 Å². The van der Waals surface area contributed by atoms with E-state index in [1.54, 1.807) is 12.1 Å². The first-order valence-corrected chi connectivity index (χ1v) is 8.49. The first-order valence-electron chi connectivity index (χ1n) is 8.49. The Morgan fingerprint density at radius 3 is 1.48 bits per heavy atom. The third-order valence-corrected chi connectivity index (χ3v) is 5.32. The fourth-order valence-electron chi connectivity index (χ4n) is 4.02. The maximum atomic E-state index is 9.64. The van der Waals surface area contributed by atoms with Crippen LogP contribution in [0.15, 0.2) is 36.4 Å². The molecular weight excluding hydrogens is 320 g/mol. The van der Waals surface area contributed by atoms with Crippen molar-refractivity contribution in [1.82, 2.24) is 9.80 Å². The van der Waals surface area contributed by atoms with Crippen LogP contribution in [-0.2, 0) is 13.1 Å². The number of aromatic hydroxyl groups is 4. The third kappa shape index (κ3) is 3.10. The van der Waals surface area contributed by atoms with E-state index >= 15 is 0 Å². The quantitative estimate of drug-likeness (QED) is 0.636. The maximum absolute atomic E-state index is 9.64. The van der Waals surface area contributed by atoms with Crippen LogP contribution in [0.2, 0.25) is 0 Å². The number of fused-ring (bicyclic) bond motifs is 2. The van der Waals surface area contributed by atoms with Crippen LogP contribution in [0, 0.1) is 0 Å². The molecule has 2 fully saturated rings. The normalized spacial score (nSPS) is 23.4. The molecule has 6 nitrogen and oxygen atoms in total. The molecule has 0 saturated carbocycles. The molecular formula is C19H22N2O4. The molecule has 4 N–H and O–H groups in total. The van der Waals surface area contributed by atoms with Gasteiger partial charge in [-0.1, -0.05) is 12.1 Å². The van der Waals surface area contributed by atoms with E-state index in [1.165, 1.54) is 12.1 Å². The van der Waals surface area contributed by atoms with Crippen LogP contribution in [0.5, 0.6) is 23.0 Å². The van der Waals surface area contributed by atoms with E-state index in [4.69, 9.17) is 0 Å². The molecule has 0 aliphatic carbocycles. The molecule has 0 aromatic heterocycles. The fraction of sp³-hybridized carbons (Fsp3) is 0.368. The Labute approximate surface area is 146 Å². The molecule has 25 heavy (non-hydrogen) atoms. The molecule has 2 unspecified atom stereocenters. The van der Waals surface area contributed by atoms with Crippen LogP contribution < -0.4 is 0 Å². The van der Waals surface area contributed by atoms with Crippen molar-refractivity contribution in [2.75, 3.05) is 13.1 Å². The Morgan fingerprint density at radius 2 is 1.12 bits per heavy atom. The lowest BCUT2D eigenvalue weighted by Crippen LogP contribution is -2.45. The van der Waals surface area contributed by atoms with Crippen molar-refractivity contribution in [3.05, 3.63) is 47.5 Å². The highest BCUT2D eigenvalue weighted by Crippen LogP contribution is 2.35. The molecule has 0 radical (unpaired) electrons. The van der Waals surface area contributed by atoms with Crippen molar-refractivity contribution in [2.24, 2.45) is 0 Å². The highest BCUT2D eigenvalue weighted by molar-refractivity contribution is 5.41. The molecule has 2 bridgehead atoms. The Kier molecular flexibility index (Phi) is 3.94. The van der Waals surface area contributed by atoms with Crippen molar-refractivity contribution in [3.8, 4) is 23.0 Å². The summed E-state index contributed by atoms with van der Waals surface area (Å²) in [5, 5.41) is 38.1. The molecule has 4 rings (SSSR count). The van der Waals surface area contributed by atoms with E-state index in [0.29, 0.717) is 12.1 Å². The molecule has 132 valence electrons. The summed E-state index contributed by atoms with van der Waals surface area (Å²) in [6, 6.07) is 11.0. The molecule has 2 aliphatic rings. The average molecular weight is 342 g/mol. The molecule has 6 heteroatoms. The second-order valence-electron chi connectivity index (χ2n) is 7.05. The van der Waals surface area contributed by atoms with Gasteiger partial charge in [-0.3, -0.25) is 9.80 Å². The number of hydrogen-bond donors (Lipinski definition) is 4. The molecule has 2 aromatic rings. The summed E-state index contributed by atoms with van der Waals surface area (Å²) in [4.78, 5) is 4.84. The molecule has 2 aromatic carbocycles. The largest absolute Gasteiger partial charge is 0.504 e. The monoisotopic (exact) mass is 342 g/mol. The number of hydrogen-bond acceptors (Lipinski definition) is 6. The third-order valence-electron chi connectivity index (χ3n) is 5.32. The minimum atomic E-state index is -0.0879. The minimum Gasteiger partial charge on any atom is -0.504 e. The number of benzene rings is 2. The van der Waals surface area contributed by atoms with E-state index in [1.807, 2.05) is 12.1 Å². The van der Waals surface area contributed by atoms with Crippen LogP contribution in [0.1, 0.15) is 17.5 Å². The van der Waals surface area contributed by atoms with Gasteiger partial charge < -0.3 is 20.4 Å². The van der Waals surface area contributed by atoms with Gasteiger partial charge in [-0.25, -0.2) is 0 Å². The number of piperazine rings is 1. The van der Waals surface area contributed by atoms with Gasteiger partial charge in [0.05, 0.1) is 0 Å². The van der Waals surface area contributed by atoms with Crippen LogP contribution in [0.3, 0.4) is 0 Å². The van der Waals surface area contributed by atoms with Gasteiger partial charge in [0.25, 0.3) is 0 Å². The van der Waals surface area contributed by atoms with Crippen LogP contribution in [-0.4, -0.2) is 55.4 Å². The molecule has 0 amide bonds. The number of phenolic OH excluding ortho intramolecular Hbond substituents is 4. The number of likely N-dealkylation sites (tertiary alicyclic amines) is 2. The zero-order valence-corrected chi connectivity index (χ0v) is 13.8. The van der Waals surface area contributed by atoms with Crippen molar-refractivity contribution in [1.29, 1.82) is 0 Å². The number of phenols is 4. The second kappa shape index (κ2) is 6.13. The summed E-state index contributed by atoms with van der Waals surface area (Å²) in [6.07, 6.45) is 1.12. The minimum absolute atomic E-state index is 0.0735. The zero-order valence-electron chi connectivity index (χ0n) is 13.8. The number of rotatable bonds is 4. The van der Waals surface area contributed by atoms with E-state index in [2.05, 4.69) is 9.80 Å². The van der Waals surface area contributed by atoms with Gasteiger partial charge >= 0.3 is 0 Å². The van der Waals surface area contributed by atoms with Gasteiger partial charge in [-0.2, -0.15) is 0 Å². The lowest BCUT2D eigenvalue weighted by atomic mass is 10.1.